The Morgan fingerprint density at radius 1 is 1.15 bits per heavy atom. The number of amides is 1. The van der Waals surface area contributed by atoms with Crippen LogP contribution in [0.3, 0.4) is 0 Å². The van der Waals surface area contributed by atoms with Crippen molar-refractivity contribution in [2.24, 2.45) is 0 Å². The van der Waals surface area contributed by atoms with Crippen LogP contribution in [0.25, 0.3) is 0 Å². The molecule has 0 saturated heterocycles. The number of rotatable bonds is 5. The topological polar surface area (TPSA) is 38.3 Å². The summed E-state index contributed by atoms with van der Waals surface area (Å²) in [5.74, 6) is -0.0842. The number of hydrogen-bond acceptors (Lipinski definition) is 2. The molecule has 2 rings (SSSR count). The van der Waals surface area contributed by atoms with E-state index in [1.165, 1.54) is 24.3 Å². The van der Waals surface area contributed by atoms with Crippen LogP contribution in [-0.2, 0) is 4.79 Å². The number of nitrogens with one attached hydrogen (secondary N) is 1. The minimum absolute atomic E-state index is 0.0829. The average Bonchev–Trinajstić information content (AvgIpc) is 2.47. The van der Waals surface area contributed by atoms with Crippen LogP contribution in [0.2, 0.25) is 0 Å². The Kier molecular flexibility index (Phi) is 4.71. The molecule has 0 heterocycles. The van der Waals surface area contributed by atoms with E-state index in [4.69, 9.17) is 4.74 Å². The molecule has 0 unspecified atom stereocenters. The van der Waals surface area contributed by atoms with Gasteiger partial charge in [0.2, 0.25) is 0 Å². The Bertz CT molecular complexity index is 554. The van der Waals surface area contributed by atoms with Gasteiger partial charge in [-0.15, -0.1) is 0 Å². The van der Waals surface area contributed by atoms with Gasteiger partial charge in [0.25, 0.3) is 5.91 Å². The van der Waals surface area contributed by atoms with E-state index >= 15 is 0 Å². The van der Waals surface area contributed by atoms with Gasteiger partial charge in [-0.05, 0) is 36.8 Å². The molecule has 0 aliphatic rings. The monoisotopic (exact) mass is 273 g/mol. The molecular weight excluding hydrogens is 257 g/mol. The molecule has 0 spiro atoms. The Labute approximate surface area is 117 Å². The van der Waals surface area contributed by atoms with Crippen molar-refractivity contribution < 1.29 is 13.9 Å². The number of carbonyl (C=O) groups is 1. The lowest BCUT2D eigenvalue weighted by molar-refractivity contribution is -0.123. The van der Waals surface area contributed by atoms with Gasteiger partial charge in [-0.1, -0.05) is 30.3 Å². The van der Waals surface area contributed by atoms with E-state index < -0.39 is 0 Å². The predicted octanol–water partition coefficient (Wildman–Crippen LogP) is 3.08. The third-order valence-corrected chi connectivity index (χ3v) is 2.86. The first-order valence-electron chi connectivity index (χ1n) is 6.38. The second-order valence-electron chi connectivity index (χ2n) is 4.44. The molecule has 0 aliphatic carbocycles. The van der Waals surface area contributed by atoms with Crippen molar-refractivity contribution in [3.05, 3.63) is 66.0 Å². The Morgan fingerprint density at radius 3 is 2.45 bits per heavy atom. The summed E-state index contributed by atoms with van der Waals surface area (Å²) < 4.78 is 18.0. The van der Waals surface area contributed by atoms with Crippen molar-refractivity contribution in [1.82, 2.24) is 5.32 Å². The maximum absolute atomic E-state index is 12.7. The molecule has 104 valence electrons. The standard InChI is InChI=1S/C16H16FNO2/c1-12(13-5-3-2-4-6-13)18-16(19)11-20-15-9-7-14(17)8-10-15/h2-10,12H,11H2,1H3,(H,18,19)/t12-/m0/s1. The maximum Gasteiger partial charge on any atom is 0.258 e. The van der Waals surface area contributed by atoms with Gasteiger partial charge in [0.05, 0.1) is 6.04 Å². The first-order valence-corrected chi connectivity index (χ1v) is 6.38. The fourth-order valence-electron chi connectivity index (χ4n) is 1.79. The van der Waals surface area contributed by atoms with Gasteiger partial charge >= 0.3 is 0 Å². The van der Waals surface area contributed by atoms with Crippen molar-refractivity contribution in [2.45, 2.75) is 13.0 Å². The second kappa shape index (κ2) is 6.70. The number of ether oxygens (including phenoxy) is 1. The summed E-state index contributed by atoms with van der Waals surface area (Å²) in [6, 6.07) is 15.2. The minimum Gasteiger partial charge on any atom is -0.484 e. The number of halogens is 1. The lowest BCUT2D eigenvalue weighted by Gasteiger charge is -2.14. The predicted molar refractivity (Wildman–Crippen MR) is 74.9 cm³/mol. The summed E-state index contributed by atoms with van der Waals surface area (Å²) in [6.45, 7) is 1.81. The van der Waals surface area contributed by atoms with Crippen LogP contribution in [0, 0.1) is 5.82 Å². The van der Waals surface area contributed by atoms with E-state index in [-0.39, 0.29) is 24.4 Å². The molecule has 4 heteroatoms. The zero-order chi connectivity index (χ0) is 14.4. The van der Waals surface area contributed by atoms with Gasteiger partial charge in [0, 0.05) is 0 Å². The van der Waals surface area contributed by atoms with Gasteiger partial charge < -0.3 is 10.1 Å². The summed E-state index contributed by atoms with van der Waals surface area (Å²) >= 11 is 0. The molecule has 1 amide bonds. The molecule has 0 saturated carbocycles. The van der Waals surface area contributed by atoms with Crippen molar-refractivity contribution in [3.63, 3.8) is 0 Å². The van der Waals surface area contributed by atoms with Crippen LogP contribution in [0.15, 0.2) is 54.6 Å². The fourth-order valence-corrected chi connectivity index (χ4v) is 1.79. The Morgan fingerprint density at radius 2 is 1.80 bits per heavy atom. The van der Waals surface area contributed by atoms with E-state index in [9.17, 15) is 9.18 Å². The van der Waals surface area contributed by atoms with Crippen LogP contribution in [-0.4, -0.2) is 12.5 Å². The molecule has 1 atom stereocenters. The van der Waals surface area contributed by atoms with E-state index in [1.807, 2.05) is 37.3 Å². The summed E-state index contributed by atoms with van der Waals surface area (Å²) in [5.41, 5.74) is 1.03. The maximum atomic E-state index is 12.7. The zero-order valence-electron chi connectivity index (χ0n) is 11.2. The van der Waals surface area contributed by atoms with Crippen molar-refractivity contribution >= 4 is 5.91 Å². The highest BCUT2D eigenvalue weighted by molar-refractivity contribution is 5.78. The molecule has 0 aliphatic heterocycles. The van der Waals surface area contributed by atoms with Gasteiger partial charge in [-0.3, -0.25) is 4.79 Å². The fraction of sp³-hybridized carbons (Fsp3) is 0.188. The van der Waals surface area contributed by atoms with Crippen LogP contribution in [0.4, 0.5) is 4.39 Å². The quantitative estimate of drug-likeness (QED) is 0.909. The van der Waals surface area contributed by atoms with Gasteiger partial charge in [0.15, 0.2) is 6.61 Å². The summed E-state index contributed by atoms with van der Waals surface area (Å²) in [4.78, 5) is 11.8. The molecule has 0 bridgehead atoms. The van der Waals surface area contributed by atoms with Crippen LogP contribution < -0.4 is 10.1 Å². The van der Waals surface area contributed by atoms with Crippen molar-refractivity contribution in [1.29, 1.82) is 0 Å². The lowest BCUT2D eigenvalue weighted by Crippen LogP contribution is -2.31. The Hall–Kier alpha value is -2.36. The molecule has 2 aromatic rings. The summed E-state index contributed by atoms with van der Waals surface area (Å²) in [6.07, 6.45) is 0. The van der Waals surface area contributed by atoms with Crippen LogP contribution in [0.1, 0.15) is 18.5 Å². The van der Waals surface area contributed by atoms with E-state index in [2.05, 4.69) is 5.32 Å². The minimum atomic E-state index is -0.334. The molecule has 0 radical (unpaired) electrons. The third kappa shape index (κ3) is 4.09. The molecule has 2 aromatic carbocycles. The van der Waals surface area contributed by atoms with Crippen molar-refractivity contribution in [3.8, 4) is 5.75 Å². The lowest BCUT2D eigenvalue weighted by atomic mass is 10.1. The SMILES string of the molecule is C[C@H](NC(=O)COc1ccc(F)cc1)c1ccccc1. The zero-order valence-corrected chi connectivity index (χ0v) is 11.2. The van der Waals surface area contributed by atoms with E-state index in [0.717, 1.165) is 5.56 Å². The first kappa shape index (κ1) is 14.1. The highest BCUT2D eigenvalue weighted by atomic mass is 19.1. The summed E-state index contributed by atoms with van der Waals surface area (Å²) in [5, 5.41) is 2.84. The van der Waals surface area contributed by atoms with Gasteiger partial charge in [-0.25, -0.2) is 4.39 Å². The van der Waals surface area contributed by atoms with Gasteiger partial charge in [0.1, 0.15) is 11.6 Å². The largest absolute Gasteiger partial charge is 0.484 e. The Balaban J connectivity index is 1.82. The molecule has 0 fully saturated rings. The summed E-state index contributed by atoms with van der Waals surface area (Å²) in [7, 11) is 0. The number of hydrogen-bond donors (Lipinski definition) is 1. The van der Waals surface area contributed by atoms with Crippen LogP contribution in [0.5, 0.6) is 5.75 Å². The van der Waals surface area contributed by atoms with Gasteiger partial charge in [-0.2, -0.15) is 0 Å². The number of carbonyl (C=O) groups excluding carboxylic acids is 1. The highest BCUT2D eigenvalue weighted by Gasteiger charge is 2.09. The van der Waals surface area contributed by atoms with Crippen LogP contribution >= 0.6 is 0 Å². The smallest absolute Gasteiger partial charge is 0.258 e. The van der Waals surface area contributed by atoms with E-state index in [1.54, 1.807) is 0 Å². The molecule has 0 aromatic heterocycles. The molecular formula is C16H16FNO2. The molecule has 1 N–H and O–H groups in total. The molecule has 20 heavy (non-hydrogen) atoms. The third-order valence-electron chi connectivity index (χ3n) is 2.86. The second-order valence-corrected chi connectivity index (χ2v) is 4.44. The van der Waals surface area contributed by atoms with Crippen molar-refractivity contribution in [2.75, 3.05) is 6.61 Å². The normalized spacial score (nSPS) is 11.7. The number of benzene rings is 2. The first-order chi connectivity index (χ1) is 9.65. The highest BCUT2D eigenvalue weighted by Crippen LogP contribution is 2.12. The van der Waals surface area contributed by atoms with E-state index in [0.29, 0.717) is 5.75 Å². The average molecular weight is 273 g/mol. The molecule has 3 nitrogen and oxygen atoms in total.